The Kier molecular flexibility index (Phi) is 4.95. The summed E-state index contributed by atoms with van der Waals surface area (Å²) in [5.74, 6) is -0.479. The normalized spacial score (nSPS) is 17.1. The molecule has 1 saturated heterocycles. The Balaban J connectivity index is 2.01. The van der Waals surface area contributed by atoms with Gasteiger partial charge in [0.05, 0.1) is 4.90 Å². The summed E-state index contributed by atoms with van der Waals surface area (Å²) in [6.45, 7) is 6.75. The molecule has 128 valence electrons. The van der Waals surface area contributed by atoms with Crippen LogP contribution in [0.5, 0.6) is 0 Å². The summed E-state index contributed by atoms with van der Waals surface area (Å²) in [4.78, 5) is 13.7. The number of rotatable bonds is 2. The molecule has 1 aliphatic rings. The first kappa shape index (κ1) is 17.7. The number of sulfonamides is 1. The van der Waals surface area contributed by atoms with E-state index in [0.717, 1.165) is 12.1 Å². The minimum absolute atomic E-state index is 0.0616. The van der Waals surface area contributed by atoms with Crippen molar-refractivity contribution in [3.8, 4) is 0 Å². The summed E-state index contributed by atoms with van der Waals surface area (Å²) < 4.78 is 39.2. The number of carbonyl (C=O) groups excluding carboxylic acids is 1. The Bertz CT molecular complexity index is 660. The van der Waals surface area contributed by atoms with E-state index >= 15 is 0 Å². The number of halogens is 1. The van der Waals surface area contributed by atoms with E-state index in [1.807, 2.05) is 20.8 Å². The van der Waals surface area contributed by atoms with Gasteiger partial charge in [-0.3, -0.25) is 0 Å². The van der Waals surface area contributed by atoms with E-state index in [1.54, 1.807) is 4.90 Å². The first-order valence-corrected chi connectivity index (χ1v) is 8.86. The van der Waals surface area contributed by atoms with Crippen LogP contribution in [0.25, 0.3) is 0 Å². The number of hydrogen-bond donors (Lipinski definition) is 1. The Morgan fingerprint density at radius 2 is 1.61 bits per heavy atom. The monoisotopic (exact) mass is 343 g/mol. The number of amides is 2. The van der Waals surface area contributed by atoms with Crippen molar-refractivity contribution < 1.29 is 17.6 Å². The lowest BCUT2D eigenvalue weighted by molar-refractivity contribution is 0.165. The van der Waals surface area contributed by atoms with Crippen LogP contribution in [0.15, 0.2) is 29.2 Å². The number of urea groups is 1. The van der Waals surface area contributed by atoms with Gasteiger partial charge in [0, 0.05) is 31.7 Å². The third-order valence-electron chi connectivity index (χ3n) is 3.46. The standard InChI is InChI=1S/C15H22FN3O3S/c1-15(2,3)17-14(20)18-8-10-19(11-9-18)23(21,22)13-6-4-12(16)5-7-13/h4-7H,8-11H2,1-3H3,(H,17,20). The van der Waals surface area contributed by atoms with Crippen LogP contribution in [0.4, 0.5) is 9.18 Å². The van der Waals surface area contributed by atoms with Crippen molar-refractivity contribution in [3.63, 3.8) is 0 Å². The fourth-order valence-corrected chi connectivity index (χ4v) is 3.71. The number of benzene rings is 1. The highest BCUT2D eigenvalue weighted by Crippen LogP contribution is 2.18. The highest BCUT2D eigenvalue weighted by atomic mass is 32.2. The summed E-state index contributed by atoms with van der Waals surface area (Å²) in [6.07, 6.45) is 0. The van der Waals surface area contributed by atoms with Gasteiger partial charge in [0.25, 0.3) is 0 Å². The van der Waals surface area contributed by atoms with E-state index in [1.165, 1.54) is 16.4 Å². The molecule has 0 aromatic heterocycles. The van der Waals surface area contributed by atoms with E-state index in [0.29, 0.717) is 13.1 Å². The van der Waals surface area contributed by atoms with E-state index < -0.39 is 15.8 Å². The largest absolute Gasteiger partial charge is 0.333 e. The Morgan fingerprint density at radius 1 is 1.09 bits per heavy atom. The molecule has 0 spiro atoms. The van der Waals surface area contributed by atoms with Gasteiger partial charge in [0.15, 0.2) is 0 Å². The predicted molar refractivity (Wildman–Crippen MR) is 85.0 cm³/mol. The molecule has 2 amide bonds. The molecule has 1 heterocycles. The summed E-state index contributed by atoms with van der Waals surface area (Å²) >= 11 is 0. The molecule has 1 fully saturated rings. The van der Waals surface area contributed by atoms with Crippen molar-refractivity contribution in [1.82, 2.24) is 14.5 Å². The van der Waals surface area contributed by atoms with Crippen LogP contribution >= 0.6 is 0 Å². The van der Waals surface area contributed by atoms with E-state index in [9.17, 15) is 17.6 Å². The summed E-state index contributed by atoms with van der Waals surface area (Å²) in [7, 11) is -3.65. The molecule has 0 aliphatic carbocycles. The van der Waals surface area contributed by atoms with Crippen LogP contribution in [0.2, 0.25) is 0 Å². The van der Waals surface area contributed by atoms with Crippen LogP contribution in [0.1, 0.15) is 20.8 Å². The first-order chi connectivity index (χ1) is 10.6. The second-order valence-electron chi connectivity index (χ2n) is 6.53. The van der Waals surface area contributed by atoms with Gasteiger partial charge >= 0.3 is 6.03 Å². The minimum Gasteiger partial charge on any atom is -0.333 e. The van der Waals surface area contributed by atoms with Crippen LogP contribution < -0.4 is 5.32 Å². The fraction of sp³-hybridized carbons (Fsp3) is 0.533. The van der Waals surface area contributed by atoms with Crippen molar-refractivity contribution in [2.24, 2.45) is 0 Å². The molecule has 0 unspecified atom stereocenters. The average molecular weight is 343 g/mol. The van der Waals surface area contributed by atoms with Crippen molar-refractivity contribution >= 4 is 16.1 Å². The maximum Gasteiger partial charge on any atom is 0.317 e. The number of nitrogens with zero attached hydrogens (tertiary/aromatic N) is 2. The molecular weight excluding hydrogens is 321 g/mol. The molecule has 6 nitrogen and oxygen atoms in total. The second kappa shape index (κ2) is 6.45. The highest BCUT2D eigenvalue weighted by Gasteiger charge is 2.30. The molecule has 0 saturated carbocycles. The third kappa shape index (κ3) is 4.42. The summed E-state index contributed by atoms with van der Waals surface area (Å²) in [5.41, 5.74) is -0.339. The van der Waals surface area contributed by atoms with Crippen LogP contribution in [0, 0.1) is 5.82 Å². The zero-order chi connectivity index (χ0) is 17.3. The van der Waals surface area contributed by atoms with Gasteiger partial charge in [-0.25, -0.2) is 17.6 Å². The van der Waals surface area contributed by atoms with Crippen molar-refractivity contribution in [2.45, 2.75) is 31.2 Å². The van der Waals surface area contributed by atoms with Gasteiger partial charge < -0.3 is 10.2 Å². The predicted octanol–water partition coefficient (Wildman–Crippen LogP) is 1.64. The van der Waals surface area contributed by atoms with Gasteiger partial charge in [-0.2, -0.15) is 4.31 Å². The number of carbonyl (C=O) groups is 1. The van der Waals surface area contributed by atoms with Crippen LogP contribution in [-0.4, -0.2) is 55.4 Å². The van der Waals surface area contributed by atoms with E-state index in [2.05, 4.69) is 5.32 Å². The molecule has 1 N–H and O–H groups in total. The average Bonchev–Trinajstić information content (AvgIpc) is 2.46. The van der Waals surface area contributed by atoms with Gasteiger partial charge in [0.1, 0.15) is 5.82 Å². The molecule has 0 radical (unpaired) electrons. The Morgan fingerprint density at radius 3 is 2.09 bits per heavy atom. The van der Waals surface area contributed by atoms with Crippen LogP contribution in [0.3, 0.4) is 0 Å². The smallest absolute Gasteiger partial charge is 0.317 e. The maximum atomic E-state index is 12.9. The third-order valence-corrected chi connectivity index (χ3v) is 5.37. The topological polar surface area (TPSA) is 69.7 Å². The zero-order valence-corrected chi connectivity index (χ0v) is 14.4. The number of hydrogen-bond acceptors (Lipinski definition) is 3. The van der Waals surface area contributed by atoms with Crippen LogP contribution in [-0.2, 0) is 10.0 Å². The van der Waals surface area contributed by atoms with Gasteiger partial charge in [0.2, 0.25) is 10.0 Å². The molecule has 0 atom stereocenters. The van der Waals surface area contributed by atoms with E-state index in [-0.39, 0.29) is 29.6 Å². The van der Waals surface area contributed by atoms with Gasteiger partial charge in [-0.15, -0.1) is 0 Å². The zero-order valence-electron chi connectivity index (χ0n) is 13.5. The molecule has 0 bridgehead atoms. The quantitative estimate of drug-likeness (QED) is 0.887. The molecule has 8 heteroatoms. The van der Waals surface area contributed by atoms with Gasteiger partial charge in [-0.05, 0) is 45.0 Å². The summed E-state index contributed by atoms with van der Waals surface area (Å²) in [6, 6.07) is 4.56. The number of nitrogens with one attached hydrogen (secondary N) is 1. The lowest BCUT2D eigenvalue weighted by Crippen LogP contribution is -2.55. The SMILES string of the molecule is CC(C)(C)NC(=O)N1CCN(S(=O)(=O)c2ccc(F)cc2)CC1. The Hall–Kier alpha value is -1.67. The van der Waals surface area contributed by atoms with E-state index in [4.69, 9.17) is 0 Å². The summed E-state index contributed by atoms with van der Waals surface area (Å²) in [5, 5.41) is 2.86. The van der Waals surface area contributed by atoms with Crippen molar-refractivity contribution in [2.75, 3.05) is 26.2 Å². The van der Waals surface area contributed by atoms with Crippen molar-refractivity contribution in [3.05, 3.63) is 30.1 Å². The molecule has 2 rings (SSSR count). The fourth-order valence-electron chi connectivity index (χ4n) is 2.29. The second-order valence-corrected chi connectivity index (χ2v) is 8.46. The minimum atomic E-state index is -3.65. The molecule has 1 aliphatic heterocycles. The first-order valence-electron chi connectivity index (χ1n) is 7.42. The van der Waals surface area contributed by atoms with Crippen molar-refractivity contribution in [1.29, 1.82) is 0 Å². The maximum absolute atomic E-state index is 12.9. The molecular formula is C15H22FN3O3S. The lowest BCUT2D eigenvalue weighted by Gasteiger charge is -2.35. The molecule has 23 heavy (non-hydrogen) atoms. The lowest BCUT2D eigenvalue weighted by atomic mass is 10.1. The Labute approximate surface area is 136 Å². The highest BCUT2D eigenvalue weighted by molar-refractivity contribution is 7.89. The number of piperazine rings is 1. The molecule has 1 aromatic rings. The molecule has 1 aromatic carbocycles. The van der Waals surface area contributed by atoms with Gasteiger partial charge in [-0.1, -0.05) is 0 Å².